The van der Waals surface area contributed by atoms with Crippen LogP contribution in [0.25, 0.3) is 0 Å². The highest BCUT2D eigenvalue weighted by molar-refractivity contribution is 5.77. The van der Waals surface area contributed by atoms with Crippen molar-refractivity contribution in [3.05, 3.63) is 0 Å². The second-order valence-electron chi connectivity index (χ2n) is 6.89. The first-order valence-electron chi connectivity index (χ1n) is 8.27. The Bertz CT molecular complexity index is 313. The van der Waals surface area contributed by atoms with E-state index in [1.165, 1.54) is 32.1 Å². The van der Waals surface area contributed by atoms with Gasteiger partial charge in [-0.15, -0.1) is 0 Å². The Labute approximate surface area is 123 Å². The van der Waals surface area contributed by atoms with E-state index in [2.05, 4.69) is 29.4 Å². The van der Waals surface area contributed by atoms with E-state index >= 15 is 0 Å². The Balaban J connectivity index is 1.72. The van der Waals surface area contributed by atoms with Gasteiger partial charge in [-0.3, -0.25) is 9.69 Å². The largest absolute Gasteiger partial charge is 0.358 e. The second kappa shape index (κ2) is 7.41. The second-order valence-corrected chi connectivity index (χ2v) is 6.89. The summed E-state index contributed by atoms with van der Waals surface area (Å²) in [5.41, 5.74) is 0. The average molecular weight is 281 g/mol. The molecule has 1 aliphatic carbocycles. The standard InChI is InChI=1S/C16H31N3O/c1-12-4-5-13(2)15(10-12)18-14-6-8-19(9-7-14)11-16(20)17-3/h12-15,18H,4-11H2,1-3H3,(H,17,20). The maximum absolute atomic E-state index is 11.4. The summed E-state index contributed by atoms with van der Waals surface area (Å²) >= 11 is 0. The summed E-state index contributed by atoms with van der Waals surface area (Å²) in [4.78, 5) is 13.7. The summed E-state index contributed by atoms with van der Waals surface area (Å²) in [6.07, 6.45) is 6.45. The molecule has 0 aromatic carbocycles. The highest BCUT2D eigenvalue weighted by Crippen LogP contribution is 2.29. The Morgan fingerprint density at radius 2 is 1.85 bits per heavy atom. The molecule has 20 heavy (non-hydrogen) atoms. The van der Waals surface area contributed by atoms with E-state index in [1.807, 2.05) is 0 Å². The van der Waals surface area contributed by atoms with Crippen molar-refractivity contribution in [3.8, 4) is 0 Å². The van der Waals surface area contributed by atoms with Crippen molar-refractivity contribution in [1.29, 1.82) is 0 Å². The average Bonchev–Trinajstić information content (AvgIpc) is 2.45. The van der Waals surface area contributed by atoms with Crippen LogP contribution in [0.5, 0.6) is 0 Å². The lowest BCUT2D eigenvalue weighted by Gasteiger charge is -2.39. The SMILES string of the molecule is CNC(=O)CN1CCC(NC2CC(C)CCC2C)CC1. The van der Waals surface area contributed by atoms with Crippen LogP contribution in [0.2, 0.25) is 0 Å². The fourth-order valence-corrected chi connectivity index (χ4v) is 3.61. The number of nitrogens with zero attached hydrogens (tertiary/aromatic N) is 1. The first-order valence-corrected chi connectivity index (χ1v) is 8.27. The molecule has 2 rings (SSSR count). The Morgan fingerprint density at radius 3 is 2.50 bits per heavy atom. The fraction of sp³-hybridized carbons (Fsp3) is 0.938. The van der Waals surface area contributed by atoms with Crippen LogP contribution in [0.15, 0.2) is 0 Å². The molecule has 3 atom stereocenters. The molecule has 2 aliphatic rings. The molecule has 2 fully saturated rings. The van der Waals surface area contributed by atoms with Gasteiger partial charge >= 0.3 is 0 Å². The smallest absolute Gasteiger partial charge is 0.233 e. The molecule has 1 heterocycles. The van der Waals surface area contributed by atoms with Crippen LogP contribution in [0, 0.1) is 11.8 Å². The van der Waals surface area contributed by atoms with Gasteiger partial charge in [0.2, 0.25) is 5.91 Å². The zero-order chi connectivity index (χ0) is 14.5. The van der Waals surface area contributed by atoms with Crippen molar-refractivity contribution in [3.63, 3.8) is 0 Å². The third kappa shape index (κ3) is 4.45. The van der Waals surface area contributed by atoms with E-state index in [4.69, 9.17) is 0 Å². The van der Waals surface area contributed by atoms with Gasteiger partial charge in [-0.1, -0.05) is 20.3 Å². The van der Waals surface area contributed by atoms with Crippen LogP contribution in [-0.2, 0) is 4.79 Å². The van der Waals surface area contributed by atoms with E-state index < -0.39 is 0 Å². The topological polar surface area (TPSA) is 44.4 Å². The zero-order valence-corrected chi connectivity index (χ0v) is 13.3. The number of nitrogens with one attached hydrogen (secondary N) is 2. The van der Waals surface area contributed by atoms with Crippen LogP contribution < -0.4 is 10.6 Å². The number of carbonyl (C=O) groups excluding carboxylic acids is 1. The quantitative estimate of drug-likeness (QED) is 0.823. The van der Waals surface area contributed by atoms with Crippen LogP contribution >= 0.6 is 0 Å². The van der Waals surface area contributed by atoms with Gasteiger partial charge in [-0.2, -0.15) is 0 Å². The zero-order valence-electron chi connectivity index (χ0n) is 13.3. The maximum Gasteiger partial charge on any atom is 0.233 e. The van der Waals surface area contributed by atoms with Crippen LogP contribution in [0.4, 0.5) is 0 Å². The molecule has 0 aromatic rings. The lowest BCUT2D eigenvalue weighted by molar-refractivity contribution is -0.122. The summed E-state index contributed by atoms with van der Waals surface area (Å²) in [5, 5.41) is 6.60. The Morgan fingerprint density at radius 1 is 1.15 bits per heavy atom. The third-order valence-corrected chi connectivity index (χ3v) is 5.14. The molecule has 0 spiro atoms. The Kier molecular flexibility index (Phi) is 5.85. The number of likely N-dealkylation sites (N-methyl/N-ethyl adjacent to an activating group) is 1. The molecular weight excluding hydrogens is 250 g/mol. The first kappa shape index (κ1) is 15.8. The summed E-state index contributed by atoms with van der Waals surface area (Å²) in [6.45, 7) is 7.42. The van der Waals surface area contributed by atoms with Crippen LogP contribution in [0.3, 0.4) is 0 Å². The highest BCUT2D eigenvalue weighted by atomic mass is 16.1. The maximum atomic E-state index is 11.4. The Hall–Kier alpha value is -0.610. The van der Waals surface area contributed by atoms with Gasteiger partial charge in [0.15, 0.2) is 0 Å². The minimum atomic E-state index is 0.131. The van der Waals surface area contributed by atoms with Crippen LogP contribution in [0.1, 0.15) is 46.0 Å². The number of amides is 1. The number of hydrogen-bond donors (Lipinski definition) is 2. The molecule has 116 valence electrons. The van der Waals surface area contributed by atoms with E-state index in [1.54, 1.807) is 7.05 Å². The number of rotatable bonds is 4. The lowest BCUT2D eigenvalue weighted by Crippen LogP contribution is -2.50. The van der Waals surface area contributed by atoms with Crippen LogP contribution in [-0.4, -0.2) is 49.6 Å². The predicted molar refractivity (Wildman–Crippen MR) is 82.6 cm³/mol. The molecule has 4 nitrogen and oxygen atoms in total. The monoisotopic (exact) mass is 281 g/mol. The van der Waals surface area contributed by atoms with E-state index in [0.29, 0.717) is 18.6 Å². The van der Waals surface area contributed by atoms with Crippen molar-refractivity contribution >= 4 is 5.91 Å². The molecule has 4 heteroatoms. The van der Waals surface area contributed by atoms with E-state index in [-0.39, 0.29) is 5.91 Å². The van der Waals surface area contributed by atoms with Gasteiger partial charge in [0.25, 0.3) is 0 Å². The van der Waals surface area contributed by atoms with Gasteiger partial charge in [-0.05, 0) is 37.5 Å². The molecule has 1 saturated carbocycles. The number of hydrogen-bond acceptors (Lipinski definition) is 3. The molecule has 0 aromatic heterocycles. The molecule has 1 aliphatic heterocycles. The highest BCUT2D eigenvalue weighted by Gasteiger charge is 2.28. The van der Waals surface area contributed by atoms with Gasteiger partial charge < -0.3 is 10.6 Å². The predicted octanol–water partition coefficient (Wildman–Crippen LogP) is 1.61. The summed E-state index contributed by atoms with van der Waals surface area (Å²) in [7, 11) is 1.71. The van der Waals surface area contributed by atoms with Crippen molar-refractivity contribution in [2.75, 3.05) is 26.7 Å². The minimum absolute atomic E-state index is 0.131. The molecule has 1 amide bonds. The van der Waals surface area contributed by atoms with Crippen molar-refractivity contribution in [1.82, 2.24) is 15.5 Å². The first-order chi connectivity index (χ1) is 9.58. The van der Waals surface area contributed by atoms with Gasteiger partial charge in [0.05, 0.1) is 6.54 Å². The normalized spacial score (nSPS) is 33.0. The molecule has 1 saturated heterocycles. The molecule has 0 bridgehead atoms. The number of likely N-dealkylation sites (tertiary alicyclic amines) is 1. The van der Waals surface area contributed by atoms with E-state index in [0.717, 1.165) is 24.9 Å². The minimum Gasteiger partial charge on any atom is -0.358 e. The summed E-state index contributed by atoms with van der Waals surface area (Å²) in [5.74, 6) is 1.82. The number of piperidine rings is 1. The van der Waals surface area contributed by atoms with Gasteiger partial charge in [0, 0.05) is 32.2 Å². The van der Waals surface area contributed by atoms with Gasteiger partial charge in [-0.25, -0.2) is 0 Å². The van der Waals surface area contributed by atoms with E-state index in [9.17, 15) is 4.79 Å². The molecule has 0 radical (unpaired) electrons. The molecule has 2 N–H and O–H groups in total. The van der Waals surface area contributed by atoms with Gasteiger partial charge in [0.1, 0.15) is 0 Å². The summed E-state index contributed by atoms with van der Waals surface area (Å²) in [6, 6.07) is 1.35. The molecule has 3 unspecified atom stereocenters. The number of carbonyl (C=O) groups is 1. The third-order valence-electron chi connectivity index (χ3n) is 5.14. The summed E-state index contributed by atoms with van der Waals surface area (Å²) < 4.78 is 0. The lowest BCUT2D eigenvalue weighted by atomic mass is 9.79. The molecular formula is C16H31N3O. The van der Waals surface area contributed by atoms with Crippen molar-refractivity contribution in [2.45, 2.75) is 58.0 Å². The van der Waals surface area contributed by atoms with Crippen molar-refractivity contribution < 1.29 is 4.79 Å². The fourth-order valence-electron chi connectivity index (χ4n) is 3.61. The van der Waals surface area contributed by atoms with Crippen molar-refractivity contribution in [2.24, 2.45) is 11.8 Å².